The smallest absolute Gasteiger partial charge is 0.414 e. The number of fused-ring (bicyclic) bond motifs is 1. The molecule has 0 spiro atoms. The van der Waals surface area contributed by atoms with Crippen molar-refractivity contribution in [1.82, 2.24) is 10.4 Å². The number of hydrogen-bond acceptors (Lipinski definition) is 7. The van der Waals surface area contributed by atoms with Crippen LogP contribution >= 0.6 is 0 Å². The van der Waals surface area contributed by atoms with E-state index >= 15 is 0 Å². The number of nitrogens with two attached hydrogens (primary N) is 1. The maximum absolute atomic E-state index is 13.2. The molecule has 3 amide bonds. The number of nitrogens with one attached hydrogen (secondary N) is 1. The van der Waals surface area contributed by atoms with Crippen molar-refractivity contribution in [2.75, 3.05) is 36.5 Å². The van der Waals surface area contributed by atoms with E-state index in [1.165, 1.54) is 45.6 Å². The minimum atomic E-state index is -0.466. The normalized spacial score (nSPS) is 25.0. The summed E-state index contributed by atoms with van der Waals surface area (Å²) in [6.07, 6.45) is 8.63. The number of rotatable bonds is 5. The van der Waals surface area contributed by atoms with E-state index in [2.05, 4.69) is 5.43 Å². The summed E-state index contributed by atoms with van der Waals surface area (Å²) >= 11 is 0. The van der Waals surface area contributed by atoms with E-state index < -0.39 is 12.2 Å². The van der Waals surface area contributed by atoms with Crippen LogP contribution in [0.15, 0.2) is 18.2 Å². The van der Waals surface area contributed by atoms with Gasteiger partial charge in [-0.15, -0.1) is 0 Å². The first-order valence-corrected chi connectivity index (χ1v) is 14.5. The van der Waals surface area contributed by atoms with Crippen LogP contribution in [0, 0.1) is 5.92 Å². The average Bonchev–Trinajstić information content (AvgIpc) is 3.35. The predicted octanol–water partition coefficient (Wildman–Crippen LogP) is 4.52. The summed E-state index contributed by atoms with van der Waals surface area (Å²) in [5.41, 5.74) is 11.5. The maximum Gasteiger partial charge on any atom is 0.414 e. The highest BCUT2D eigenvalue weighted by atomic mass is 16.6. The number of hydrogen-bond donors (Lipinski definition) is 2. The highest BCUT2D eigenvalue weighted by Gasteiger charge is 2.41. The average molecular weight is 544 g/mol. The Bertz CT molecular complexity index is 1020. The number of nitrogens with zero attached hydrogens (tertiary/aromatic N) is 3. The van der Waals surface area contributed by atoms with Crippen molar-refractivity contribution in [3.05, 3.63) is 23.8 Å². The summed E-state index contributed by atoms with van der Waals surface area (Å²) in [4.78, 5) is 41.0. The highest BCUT2D eigenvalue weighted by molar-refractivity contribution is 6.01. The molecular formula is C29H45N5O5. The minimum Gasteiger partial charge on any atom is -0.452 e. The zero-order valence-corrected chi connectivity index (χ0v) is 23.9. The van der Waals surface area contributed by atoms with Crippen LogP contribution in [0.2, 0.25) is 0 Å². The number of carbonyl (C=O) groups is 3. The molecule has 10 heteroatoms. The summed E-state index contributed by atoms with van der Waals surface area (Å²) in [6, 6.07) is 5.82. The van der Waals surface area contributed by atoms with Crippen molar-refractivity contribution in [2.24, 2.45) is 11.7 Å². The largest absolute Gasteiger partial charge is 0.452 e. The number of hydrazine groups is 1. The van der Waals surface area contributed by atoms with Crippen LogP contribution in [0.25, 0.3) is 0 Å². The van der Waals surface area contributed by atoms with Crippen molar-refractivity contribution < 1.29 is 23.9 Å². The molecule has 0 aromatic heterocycles. The molecule has 1 saturated carbocycles. The number of carbonyl (C=O) groups excluding carboxylic acids is 3. The molecule has 39 heavy (non-hydrogen) atoms. The van der Waals surface area contributed by atoms with Gasteiger partial charge in [0.05, 0.1) is 43.7 Å². The van der Waals surface area contributed by atoms with E-state index in [1.807, 2.05) is 44.0 Å². The summed E-state index contributed by atoms with van der Waals surface area (Å²) in [5.74, 6) is 0.192. The van der Waals surface area contributed by atoms with Crippen molar-refractivity contribution in [2.45, 2.75) is 96.2 Å². The Morgan fingerprint density at radius 1 is 1.00 bits per heavy atom. The van der Waals surface area contributed by atoms with Gasteiger partial charge in [0, 0.05) is 18.5 Å². The number of amides is 3. The molecule has 3 atom stereocenters. The van der Waals surface area contributed by atoms with Crippen LogP contribution in [0.1, 0.15) is 83.6 Å². The fraction of sp³-hybridized carbons (Fsp3) is 0.690. The summed E-state index contributed by atoms with van der Waals surface area (Å²) < 4.78 is 10.7. The van der Waals surface area contributed by atoms with Crippen LogP contribution in [0.3, 0.4) is 0 Å². The second-order valence-electron chi connectivity index (χ2n) is 11.5. The first-order chi connectivity index (χ1) is 18.7. The Kier molecular flexibility index (Phi) is 9.71. The molecule has 0 radical (unpaired) electrons. The van der Waals surface area contributed by atoms with Crippen LogP contribution in [-0.4, -0.2) is 68.0 Å². The van der Waals surface area contributed by atoms with Crippen LogP contribution < -0.4 is 21.0 Å². The van der Waals surface area contributed by atoms with Gasteiger partial charge in [0.1, 0.15) is 0 Å². The second kappa shape index (κ2) is 13.0. The quantitative estimate of drug-likeness (QED) is 0.561. The third-order valence-corrected chi connectivity index (χ3v) is 8.23. The molecule has 1 saturated heterocycles. The van der Waals surface area contributed by atoms with Gasteiger partial charge in [0.2, 0.25) is 5.91 Å². The molecular weight excluding hydrogens is 498 g/mol. The summed E-state index contributed by atoms with van der Waals surface area (Å²) in [5, 5.41) is 1.94. The van der Waals surface area contributed by atoms with Crippen LogP contribution in [-0.2, 0) is 14.3 Å². The lowest BCUT2D eigenvalue weighted by Crippen LogP contribution is -2.52. The van der Waals surface area contributed by atoms with Crippen molar-refractivity contribution in [3.8, 4) is 0 Å². The van der Waals surface area contributed by atoms with Crippen molar-refractivity contribution in [3.63, 3.8) is 0 Å². The Morgan fingerprint density at radius 2 is 1.67 bits per heavy atom. The van der Waals surface area contributed by atoms with E-state index in [-0.39, 0.29) is 36.6 Å². The number of anilines is 2. The van der Waals surface area contributed by atoms with E-state index in [0.717, 1.165) is 18.4 Å². The fourth-order valence-corrected chi connectivity index (χ4v) is 6.46. The molecule has 1 aromatic rings. The second-order valence-corrected chi connectivity index (χ2v) is 11.5. The first-order valence-electron chi connectivity index (χ1n) is 14.5. The standard InChI is InChI=1S/C29H45N5O5/c1-19(2)39-28(36)33-16-20(3)34(29(37)38-4)24-14-13-22(15-25(24)33)23-17-32(18-26(30)35)31-27(23)21-11-9-7-5-6-8-10-12-21/h13-15,19-21,23,27,31H,5-12,16-18H2,1-4H3,(H2,30,35)/t20-,23?,27?/m0/s1. The Balaban J connectivity index is 1.72. The zero-order valence-electron chi connectivity index (χ0n) is 23.9. The molecule has 4 rings (SSSR count). The van der Waals surface area contributed by atoms with Gasteiger partial charge < -0.3 is 15.2 Å². The monoisotopic (exact) mass is 543 g/mol. The Morgan fingerprint density at radius 3 is 2.28 bits per heavy atom. The zero-order chi connectivity index (χ0) is 28.1. The third kappa shape index (κ3) is 6.84. The number of ether oxygens (including phenoxy) is 2. The molecule has 2 aliphatic heterocycles. The van der Waals surface area contributed by atoms with Gasteiger partial charge in [-0.3, -0.25) is 20.0 Å². The van der Waals surface area contributed by atoms with Gasteiger partial charge in [0.25, 0.3) is 0 Å². The molecule has 10 nitrogen and oxygen atoms in total. The van der Waals surface area contributed by atoms with Gasteiger partial charge in [-0.2, -0.15) is 0 Å². The number of benzene rings is 1. The molecule has 1 aromatic carbocycles. The molecule has 3 N–H and O–H groups in total. The minimum absolute atomic E-state index is 0.0919. The molecule has 3 aliphatic rings. The molecule has 2 fully saturated rings. The number of methoxy groups -OCH3 is 1. The molecule has 2 unspecified atom stereocenters. The van der Waals surface area contributed by atoms with Gasteiger partial charge in [-0.1, -0.05) is 44.6 Å². The van der Waals surface area contributed by atoms with E-state index in [9.17, 15) is 14.4 Å². The van der Waals surface area contributed by atoms with Gasteiger partial charge >= 0.3 is 12.2 Å². The fourth-order valence-electron chi connectivity index (χ4n) is 6.46. The van der Waals surface area contributed by atoms with Crippen molar-refractivity contribution >= 4 is 29.5 Å². The molecule has 2 heterocycles. The van der Waals surface area contributed by atoms with E-state index in [1.54, 1.807) is 9.80 Å². The lowest BCUT2D eigenvalue weighted by atomic mass is 9.80. The number of primary amides is 1. The third-order valence-electron chi connectivity index (χ3n) is 8.23. The molecule has 216 valence electrons. The molecule has 0 bridgehead atoms. The lowest BCUT2D eigenvalue weighted by Gasteiger charge is -2.40. The summed E-state index contributed by atoms with van der Waals surface area (Å²) in [6.45, 7) is 6.60. The first kappa shape index (κ1) is 29.1. The predicted molar refractivity (Wildman–Crippen MR) is 151 cm³/mol. The molecule has 1 aliphatic carbocycles. The van der Waals surface area contributed by atoms with Crippen LogP contribution in [0.4, 0.5) is 21.0 Å². The lowest BCUT2D eigenvalue weighted by molar-refractivity contribution is -0.119. The Labute approximate surface area is 232 Å². The van der Waals surface area contributed by atoms with Gasteiger partial charge in [-0.25, -0.2) is 14.6 Å². The van der Waals surface area contributed by atoms with Crippen molar-refractivity contribution in [1.29, 1.82) is 0 Å². The highest BCUT2D eigenvalue weighted by Crippen LogP contribution is 2.42. The van der Waals surface area contributed by atoms with Gasteiger partial charge in [-0.05, 0) is 57.2 Å². The Hall–Kier alpha value is -2.85. The summed E-state index contributed by atoms with van der Waals surface area (Å²) in [7, 11) is 1.36. The van der Waals surface area contributed by atoms with Crippen LogP contribution in [0.5, 0.6) is 0 Å². The van der Waals surface area contributed by atoms with Gasteiger partial charge in [0.15, 0.2) is 0 Å². The SMILES string of the molecule is COC(=O)N1c2ccc(C3CN(CC(N)=O)NC3C3CCCCCCCC3)cc2N(C(=O)OC(C)C)C[C@@H]1C. The van der Waals surface area contributed by atoms with E-state index in [0.29, 0.717) is 30.4 Å². The topological polar surface area (TPSA) is 117 Å². The van der Waals surface area contributed by atoms with E-state index in [4.69, 9.17) is 15.2 Å². The maximum atomic E-state index is 13.2.